The number of nitrogens with one attached hydrogen (secondary N) is 1. The van der Waals surface area contributed by atoms with E-state index in [2.05, 4.69) is 37.1 Å². The Morgan fingerprint density at radius 3 is 2.68 bits per heavy atom. The number of oxazole rings is 1. The first-order chi connectivity index (χ1) is 9.00. The van der Waals surface area contributed by atoms with Crippen LogP contribution in [0.4, 0.5) is 0 Å². The van der Waals surface area contributed by atoms with Crippen molar-refractivity contribution < 1.29 is 9.21 Å². The fourth-order valence-electron chi connectivity index (χ4n) is 1.62. The minimum atomic E-state index is -0.195. The molecule has 0 saturated carbocycles. The van der Waals surface area contributed by atoms with Gasteiger partial charge in [-0.25, -0.2) is 4.98 Å². The molecule has 1 rings (SSSR count). The second-order valence-corrected chi connectivity index (χ2v) is 4.84. The molecule has 0 radical (unpaired) electrons. The predicted octanol–water partition coefficient (Wildman–Crippen LogP) is 3.41. The quantitative estimate of drug-likeness (QED) is 0.799. The number of nitrogens with zero attached hydrogens (tertiary/aromatic N) is 1. The van der Waals surface area contributed by atoms with Gasteiger partial charge in [-0.3, -0.25) is 4.79 Å². The number of carbonyl (C=O) groups excluding carboxylic acids is 1. The van der Waals surface area contributed by atoms with Gasteiger partial charge in [0.15, 0.2) is 12.1 Å². The smallest absolute Gasteiger partial charge is 0.273 e. The summed E-state index contributed by atoms with van der Waals surface area (Å²) in [5, 5.41) is 2.80. The Balaban J connectivity index is 2.35. The SMILES string of the molecule is CC(C)=CCC/C(C)=C/CNC(=O)c1ncoc1C. The van der Waals surface area contributed by atoms with Gasteiger partial charge in [0.1, 0.15) is 5.76 Å². The summed E-state index contributed by atoms with van der Waals surface area (Å²) in [6.07, 6.45) is 7.59. The number of aromatic nitrogens is 1. The maximum Gasteiger partial charge on any atom is 0.273 e. The van der Waals surface area contributed by atoms with Crippen molar-refractivity contribution in [2.24, 2.45) is 0 Å². The van der Waals surface area contributed by atoms with Crippen LogP contribution in [0.15, 0.2) is 34.1 Å². The van der Waals surface area contributed by atoms with Gasteiger partial charge in [-0.2, -0.15) is 0 Å². The highest BCUT2D eigenvalue weighted by Crippen LogP contribution is 2.06. The van der Waals surface area contributed by atoms with Crippen LogP contribution in [0.1, 0.15) is 49.9 Å². The van der Waals surface area contributed by atoms with Crippen molar-refractivity contribution >= 4 is 5.91 Å². The van der Waals surface area contributed by atoms with Gasteiger partial charge in [0.05, 0.1) is 0 Å². The molecule has 19 heavy (non-hydrogen) atoms. The van der Waals surface area contributed by atoms with Crippen LogP contribution in [0.25, 0.3) is 0 Å². The van der Waals surface area contributed by atoms with E-state index < -0.39 is 0 Å². The lowest BCUT2D eigenvalue weighted by atomic mass is 10.1. The molecule has 4 heteroatoms. The second-order valence-electron chi connectivity index (χ2n) is 4.84. The van der Waals surface area contributed by atoms with Crippen LogP contribution in [-0.2, 0) is 0 Å². The Morgan fingerprint density at radius 1 is 1.37 bits per heavy atom. The van der Waals surface area contributed by atoms with Crippen molar-refractivity contribution in [3.63, 3.8) is 0 Å². The molecule has 0 atom stereocenters. The Morgan fingerprint density at radius 2 is 2.11 bits per heavy atom. The van der Waals surface area contributed by atoms with Crippen molar-refractivity contribution in [1.29, 1.82) is 0 Å². The lowest BCUT2D eigenvalue weighted by Crippen LogP contribution is -2.24. The van der Waals surface area contributed by atoms with Gasteiger partial charge in [0.25, 0.3) is 5.91 Å². The van der Waals surface area contributed by atoms with E-state index in [4.69, 9.17) is 4.42 Å². The van der Waals surface area contributed by atoms with E-state index in [-0.39, 0.29) is 5.91 Å². The van der Waals surface area contributed by atoms with Gasteiger partial charge in [-0.15, -0.1) is 0 Å². The zero-order chi connectivity index (χ0) is 14.3. The minimum absolute atomic E-state index is 0.195. The lowest BCUT2D eigenvalue weighted by molar-refractivity contribution is 0.0952. The largest absolute Gasteiger partial charge is 0.448 e. The first-order valence-electron chi connectivity index (χ1n) is 6.48. The number of allylic oxidation sites excluding steroid dienone is 3. The zero-order valence-electron chi connectivity index (χ0n) is 12.1. The summed E-state index contributed by atoms with van der Waals surface area (Å²) in [6, 6.07) is 0. The Bertz CT molecular complexity index is 480. The van der Waals surface area contributed by atoms with Crippen LogP contribution in [-0.4, -0.2) is 17.4 Å². The standard InChI is InChI=1S/C15H22N2O2/c1-11(2)6-5-7-12(3)8-9-16-15(18)14-13(4)19-10-17-14/h6,8,10H,5,7,9H2,1-4H3,(H,16,18)/b12-8+. The third-order valence-electron chi connectivity index (χ3n) is 2.76. The van der Waals surface area contributed by atoms with Crippen LogP contribution in [0.3, 0.4) is 0 Å². The molecule has 0 bridgehead atoms. The van der Waals surface area contributed by atoms with Crippen LogP contribution >= 0.6 is 0 Å². The summed E-state index contributed by atoms with van der Waals surface area (Å²) in [5.41, 5.74) is 2.97. The molecule has 1 amide bonds. The van der Waals surface area contributed by atoms with Crippen LogP contribution in [0, 0.1) is 6.92 Å². The van der Waals surface area contributed by atoms with E-state index in [1.165, 1.54) is 17.5 Å². The molecule has 0 fully saturated rings. The second kappa shape index (κ2) is 7.56. The Hall–Kier alpha value is -1.84. The van der Waals surface area contributed by atoms with Crippen LogP contribution in [0.2, 0.25) is 0 Å². The maximum atomic E-state index is 11.7. The molecule has 104 valence electrons. The van der Waals surface area contributed by atoms with Gasteiger partial charge in [0, 0.05) is 6.54 Å². The van der Waals surface area contributed by atoms with Crippen LogP contribution in [0.5, 0.6) is 0 Å². The molecule has 0 aliphatic carbocycles. The molecule has 0 aromatic carbocycles. The first kappa shape index (κ1) is 15.2. The van der Waals surface area contributed by atoms with Crippen molar-refractivity contribution in [3.8, 4) is 0 Å². The molecule has 1 N–H and O–H groups in total. The predicted molar refractivity (Wildman–Crippen MR) is 76.0 cm³/mol. The number of hydrogen-bond acceptors (Lipinski definition) is 3. The lowest BCUT2D eigenvalue weighted by Gasteiger charge is -2.02. The Kier molecular flexibility index (Phi) is 6.06. The van der Waals surface area contributed by atoms with Crippen molar-refractivity contribution in [2.75, 3.05) is 6.54 Å². The van der Waals surface area contributed by atoms with Gasteiger partial charge < -0.3 is 9.73 Å². The highest BCUT2D eigenvalue weighted by molar-refractivity contribution is 5.93. The molecule has 0 unspecified atom stereocenters. The molecule has 1 aromatic rings. The summed E-state index contributed by atoms with van der Waals surface area (Å²) in [4.78, 5) is 15.6. The minimum Gasteiger partial charge on any atom is -0.448 e. The van der Waals surface area contributed by atoms with Crippen LogP contribution < -0.4 is 5.32 Å². The molecule has 0 aliphatic rings. The van der Waals surface area contributed by atoms with E-state index in [1.54, 1.807) is 6.92 Å². The summed E-state index contributed by atoms with van der Waals surface area (Å²) >= 11 is 0. The average molecular weight is 262 g/mol. The molecule has 0 aliphatic heterocycles. The van der Waals surface area contributed by atoms with E-state index in [0.717, 1.165) is 12.8 Å². The highest BCUT2D eigenvalue weighted by Gasteiger charge is 2.11. The van der Waals surface area contributed by atoms with Crippen molar-refractivity contribution in [3.05, 3.63) is 41.1 Å². The highest BCUT2D eigenvalue weighted by atomic mass is 16.3. The van der Waals surface area contributed by atoms with Crippen molar-refractivity contribution in [2.45, 2.75) is 40.5 Å². The summed E-state index contributed by atoms with van der Waals surface area (Å²) < 4.78 is 4.99. The monoisotopic (exact) mass is 262 g/mol. The fraction of sp³-hybridized carbons (Fsp3) is 0.467. The van der Waals surface area contributed by atoms with Gasteiger partial charge in [0.2, 0.25) is 0 Å². The zero-order valence-corrected chi connectivity index (χ0v) is 12.1. The molecule has 0 spiro atoms. The van der Waals surface area contributed by atoms with Gasteiger partial charge >= 0.3 is 0 Å². The van der Waals surface area contributed by atoms with E-state index in [1.807, 2.05) is 6.08 Å². The number of amides is 1. The molecule has 0 saturated heterocycles. The van der Waals surface area contributed by atoms with E-state index in [0.29, 0.717) is 18.0 Å². The summed E-state index contributed by atoms with van der Waals surface area (Å²) in [5.74, 6) is 0.348. The summed E-state index contributed by atoms with van der Waals surface area (Å²) in [7, 11) is 0. The van der Waals surface area contributed by atoms with Crippen molar-refractivity contribution in [1.82, 2.24) is 10.3 Å². The van der Waals surface area contributed by atoms with E-state index in [9.17, 15) is 4.79 Å². The molecular formula is C15H22N2O2. The number of carbonyl (C=O) groups is 1. The molecule has 4 nitrogen and oxygen atoms in total. The topological polar surface area (TPSA) is 55.1 Å². The first-order valence-corrected chi connectivity index (χ1v) is 6.48. The van der Waals surface area contributed by atoms with E-state index >= 15 is 0 Å². The molecular weight excluding hydrogens is 240 g/mol. The normalized spacial score (nSPS) is 11.3. The molecule has 1 heterocycles. The molecule has 1 aromatic heterocycles. The number of rotatable bonds is 6. The third kappa shape index (κ3) is 5.55. The number of hydrogen-bond donors (Lipinski definition) is 1. The maximum absolute atomic E-state index is 11.7. The van der Waals surface area contributed by atoms with Gasteiger partial charge in [-0.05, 0) is 40.5 Å². The third-order valence-corrected chi connectivity index (χ3v) is 2.76. The van der Waals surface area contributed by atoms with Gasteiger partial charge in [-0.1, -0.05) is 23.3 Å². The summed E-state index contributed by atoms with van der Waals surface area (Å²) in [6.45, 7) is 8.51. The Labute approximate surface area is 114 Å². The number of aryl methyl sites for hydroxylation is 1. The average Bonchev–Trinajstić information content (AvgIpc) is 2.75. The fourth-order valence-corrected chi connectivity index (χ4v) is 1.62.